The van der Waals surface area contributed by atoms with Crippen LogP contribution in [0.5, 0.6) is 0 Å². The molecule has 2 saturated heterocycles. The summed E-state index contributed by atoms with van der Waals surface area (Å²) < 4.78 is 28.1. The van der Waals surface area contributed by atoms with E-state index in [0.29, 0.717) is 37.0 Å². The lowest BCUT2D eigenvalue weighted by atomic mass is 9.94. The van der Waals surface area contributed by atoms with E-state index in [4.69, 9.17) is 0 Å². The normalized spacial score (nSPS) is 25.4. The van der Waals surface area contributed by atoms with Crippen LogP contribution in [0.25, 0.3) is 0 Å². The summed E-state index contributed by atoms with van der Waals surface area (Å²) in [7, 11) is -3.62. The highest BCUT2D eigenvalue weighted by Gasteiger charge is 2.34. The number of likely N-dealkylation sites (tertiary alicyclic amines) is 1. The Bertz CT molecular complexity index is 999. The fourth-order valence-corrected chi connectivity index (χ4v) is 6.52. The Hall–Kier alpha value is -2.25. The number of carbonyl (C=O) groups is 1. The van der Waals surface area contributed by atoms with Crippen molar-refractivity contribution in [1.29, 1.82) is 0 Å². The van der Waals surface area contributed by atoms with Gasteiger partial charge >= 0.3 is 0 Å². The van der Waals surface area contributed by atoms with E-state index in [2.05, 4.69) is 18.8 Å². The Balaban J connectivity index is 1.59. The van der Waals surface area contributed by atoms with E-state index >= 15 is 0 Å². The minimum Gasteiger partial charge on any atom is -0.330 e. The predicted molar refractivity (Wildman–Crippen MR) is 115 cm³/mol. The van der Waals surface area contributed by atoms with Crippen molar-refractivity contribution in [3.63, 3.8) is 0 Å². The monoisotopic (exact) mass is 427 g/mol. The molecular weight excluding hydrogens is 398 g/mol. The van der Waals surface area contributed by atoms with Crippen LogP contribution >= 0.6 is 0 Å². The molecule has 0 spiro atoms. The van der Waals surface area contributed by atoms with E-state index in [1.807, 2.05) is 23.1 Å². The molecule has 3 atom stereocenters. The maximum absolute atomic E-state index is 13.3. The zero-order valence-corrected chi connectivity index (χ0v) is 18.4. The number of amides is 1. The molecule has 6 nitrogen and oxygen atoms in total. The first-order chi connectivity index (χ1) is 14.4. The van der Waals surface area contributed by atoms with Gasteiger partial charge in [-0.25, -0.2) is 8.42 Å². The van der Waals surface area contributed by atoms with Crippen LogP contribution in [0, 0.1) is 11.8 Å². The van der Waals surface area contributed by atoms with Crippen molar-refractivity contribution in [3.8, 4) is 0 Å². The Morgan fingerprint density at radius 2 is 1.83 bits per heavy atom. The third-order valence-electron chi connectivity index (χ3n) is 6.10. The molecule has 0 aliphatic carbocycles. The maximum atomic E-state index is 13.3. The third kappa shape index (κ3) is 4.14. The lowest BCUT2D eigenvalue weighted by Gasteiger charge is -2.34. The van der Waals surface area contributed by atoms with Gasteiger partial charge in [0.2, 0.25) is 10.0 Å². The van der Waals surface area contributed by atoms with Crippen molar-refractivity contribution in [1.82, 2.24) is 14.2 Å². The van der Waals surface area contributed by atoms with Gasteiger partial charge in [-0.2, -0.15) is 4.31 Å². The molecule has 3 unspecified atom stereocenters. The second-order valence-electron chi connectivity index (χ2n) is 8.71. The Kier molecular flexibility index (Phi) is 5.93. The van der Waals surface area contributed by atoms with Crippen molar-refractivity contribution >= 4 is 15.9 Å². The number of carbonyl (C=O) groups excluding carboxylic acids is 1. The van der Waals surface area contributed by atoms with E-state index in [1.54, 1.807) is 28.7 Å². The summed E-state index contributed by atoms with van der Waals surface area (Å²) in [4.78, 5) is 19.7. The van der Waals surface area contributed by atoms with Crippen LogP contribution < -0.4 is 0 Å². The summed E-state index contributed by atoms with van der Waals surface area (Å²) in [6.07, 6.45) is 4.55. The van der Waals surface area contributed by atoms with E-state index < -0.39 is 10.0 Å². The molecule has 0 bridgehead atoms. The molecule has 7 heteroatoms. The Labute approximate surface area is 179 Å². The number of sulfonamides is 1. The van der Waals surface area contributed by atoms with Gasteiger partial charge in [0.25, 0.3) is 5.91 Å². The van der Waals surface area contributed by atoms with Gasteiger partial charge < -0.3 is 4.90 Å². The number of nitrogens with zero attached hydrogens (tertiary/aromatic N) is 3. The molecular formula is C23H29N3O3S. The first-order valence-corrected chi connectivity index (χ1v) is 12.1. The number of hydrogen-bond donors (Lipinski definition) is 0. The average Bonchev–Trinajstić information content (AvgIpc) is 3.23. The summed E-state index contributed by atoms with van der Waals surface area (Å²) in [6.45, 7) is 5.88. The van der Waals surface area contributed by atoms with E-state index in [-0.39, 0.29) is 16.8 Å². The second-order valence-corrected chi connectivity index (χ2v) is 10.6. The predicted octanol–water partition coefficient (Wildman–Crippen LogP) is 3.73. The summed E-state index contributed by atoms with van der Waals surface area (Å²) >= 11 is 0. The molecule has 2 fully saturated rings. The molecule has 1 aromatic carbocycles. The molecule has 2 aliphatic rings. The summed E-state index contributed by atoms with van der Waals surface area (Å²) in [5, 5.41) is 0. The minimum atomic E-state index is -3.62. The molecule has 3 heterocycles. The first kappa shape index (κ1) is 21.0. The van der Waals surface area contributed by atoms with Crippen molar-refractivity contribution in [2.75, 3.05) is 19.6 Å². The SMILES string of the molecule is CC1CC(C)CN(S(=O)(=O)c2cccc(C(=O)N3CCCC3c3ccccn3)c2)C1. The van der Waals surface area contributed by atoms with E-state index in [0.717, 1.165) is 25.0 Å². The molecule has 30 heavy (non-hydrogen) atoms. The van der Waals surface area contributed by atoms with Crippen molar-refractivity contribution in [2.24, 2.45) is 11.8 Å². The van der Waals surface area contributed by atoms with Gasteiger partial charge in [0.1, 0.15) is 0 Å². The highest BCUT2D eigenvalue weighted by molar-refractivity contribution is 7.89. The van der Waals surface area contributed by atoms with Crippen molar-refractivity contribution in [3.05, 3.63) is 59.9 Å². The van der Waals surface area contributed by atoms with Crippen LogP contribution in [0.1, 0.15) is 55.2 Å². The number of rotatable bonds is 4. The zero-order chi connectivity index (χ0) is 21.3. The highest BCUT2D eigenvalue weighted by atomic mass is 32.2. The molecule has 4 rings (SSSR count). The lowest BCUT2D eigenvalue weighted by molar-refractivity contribution is 0.0732. The number of pyridine rings is 1. The van der Waals surface area contributed by atoms with Gasteiger partial charge in [0, 0.05) is 31.4 Å². The van der Waals surface area contributed by atoms with Crippen LogP contribution in [0.4, 0.5) is 0 Å². The van der Waals surface area contributed by atoms with Crippen LogP contribution in [-0.4, -0.2) is 48.1 Å². The standard InChI is InChI=1S/C23H29N3O3S/c1-17-13-18(2)16-25(15-17)30(28,29)20-8-5-7-19(14-20)23(27)26-12-6-10-22(26)21-9-3-4-11-24-21/h3-5,7-9,11,14,17-18,22H,6,10,12-13,15-16H2,1-2H3. The van der Waals surface area contributed by atoms with Crippen LogP contribution in [-0.2, 0) is 10.0 Å². The fourth-order valence-electron chi connectivity index (χ4n) is 4.80. The lowest BCUT2D eigenvalue weighted by Crippen LogP contribution is -2.42. The molecule has 2 aliphatic heterocycles. The van der Waals surface area contributed by atoms with Gasteiger partial charge in [-0.1, -0.05) is 26.0 Å². The van der Waals surface area contributed by atoms with Gasteiger partial charge in [-0.3, -0.25) is 9.78 Å². The second kappa shape index (κ2) is 8.47. The molecule has 0 radical (unpaired) electrons. The largest absolute Gasteiger partial charge is 0.330 e. The van der Waals surface area contributed by atoms with Gasteiger partial charge in [0.15, 0.2) is 0 Å². The Morgan fingerprint density at radius 3 is 2.53 bits per heavy atom. The number of aromatic nitrogens is 1. The van der Waals surface area contributed by atoms with Crippen LogP contribution in [0.2, 0.25) is 0 Å². The first-order valence-electron chi connectivity index (χ1n) is 10.7. The molecule has 0 N–H and O–H groups in total. The average molecular weight is 428 g/mol. The Morgan fingerprint density at radius 1 is 1.07 bits per heavy atom. The van der Waals surface area contributed by atoms with Gasteiger partial charge in [0.05, 0.1) is 16.6 Å². The molecule has 2 aromatic rings. The number of piperidine rings is 1. The van der Waals surface area contributed by atoms with Gasteiger partial charge in [-0.05, 0) is 61.4 Å². The van der Waals surface area contributed by atoms with Crippen LogP contribution in [0.3, 0.4) is 0 Å². The molecule has 1 amide bonds. The zero-order valence-electron chi connectivity index (χ0n) is 17.6. The third-order valence-corrected chi connectivity index (χ3v) is 7.92. The molecule has 1 aromatic heterocycles. The highest BCUT2D eigenvalue weighted by Crippen LogP contribution is 2.33. The molecule has 0 saturated carbocycles. The summed E-state index contributed by atoms with van der Waals surface area (Å²) in [5.41, 5.74) is 1.29. The topological polar surface area (TPSA) is 70.6 Å². The maximum Gasteiger partial charge on any atom is 0.254 e. The smallest absolute Gasteiger partial charge is 0.254 e. The van der Waals surface area contributed by atoms with E-state index in [9.17, 15) is 13.2 Å². The summed E-state index contributed by atoms with van der Waals surface area (Å²) in [6, 6.07) is 12.2. The fraction of sp³-hybridized carbons (Fsp3) is 0.478. The van der Waals surface area contributed by atoms with Crippen molar-refractivity contribution < 1.29 is 13.2 Å². The van der Waals surface area contributed by atoms with Crippen LogP contribution in [0.15, 0.2) is 53.6 Å². The molecule has 160 valence electrons. The van der Waals surface area contributed by atoms with Gasteiger partial charge in [-0.15, -0.1) is 0 Å². The number of hydrogen-bond acceptors (Lipinski definition) is 4. The number of benzene rings is 1. The summed E-state index contributed by atoms with van der Waals surface area (Å²) in [5.74, 6) is 0.523. The minimum absolute atomic E-state index is 0.0669. The van der Waals surface area contributed by atoms with Crippen molar-refractivity contribution in [2.45, 2.75) is 44.0 Å². The van der Waals surface area contributed by atoms with E-state index in [1.165, 1.54) is 6.07 Å². The quantitative estimate of drug-likeness (QED) is 0.746.